The summed E-state index contributed by atoms with van der Waals surface area (Å²) in [4.78, 5) is 26.4. The first kappa shape index (κ1) is 23.2. The van der Waals surface area contributed by atoms with Gasteiger partial charge in [0.2, 0.25) is 5.91 Å². The third-order valence-electron chi connectivity index (χ3n) is 6.80. The monoisotopic (exact) mass is 438 g/mol. The summed E-state index contributed by atoms with van der Waals surface area (Å²) >= 11 is 0. The standard InChI is InChI=1S/C18H29FN2O2.C2HF3O2/c19-14-5-7-20(8-6-14)18(22)17-12-23-11-13-9-21(10-16(13)17)15-3-1-2-4-15;3-2(4,5)1(6)7/h13-17H,1-12H2;(H,6,7)/t13-,16-,17+;/m1./s1. The van der Waals surface area contributed by atoms with E-state index in [4.69, 9.17) is 14.6 Å². The summed E-state index contributed by atoms with van der Waals surface area (Å²) < 4.78 is 50.9. The van der Waals surface area contributed by atoms with Crippen molar-refractivity contribution in [2.45, 2.75) is 56.9 Å². The number of carboxylic acid groups (broad SMARTS) is 1. The number of ether oxygens (including phenoxy) is 1. The highest BCUT2D eigenvalue weighted by Crippen LogP contribution is 2.38. The lowest BCUT2D eigenvalue weighted by Crippen LogP contribution is -2.49. The van der Waals surface area contributed by atoms with Crippen LogP contribution in [0.1, 0.15) is 38.5 Å². The highest BCUT2D eigenvalue weighted by Gasteiger charge is 2.46. The van der Waals surface area contributed by atoms with E-state index in [2.05, 4.69) is 4.90 Å². The van der Waals surface area contributed by atoms with Gasteiger partial charge >= 0.3 is 12.1 Å². The molecule has 172 valence electrons. The van der Waals surface area contributed by atoms with Gasteiger partial charge in [0.15, 0.2) is 0 Å². The van der Waals surface area contributed by atoms with Crippen LogP contribution < -0.4 is 0 Å². The van der Waals surface area contributed by atoms with Crippen LogP contribution in [0.3, 0.4) is 0 Å². The Morgan fingerprint density at radius 2 is 1.57 bits per heavy atom. The first-order valence-electron chi connectivity index (χ1n) is 10.7. The number of alkyl halides is 4. The Morgan fingerprint density at radius 1 is 0.967 bits per heavy atom. The molecule has 4 aliphatic rings. The van der Waals surface area contributed by atoms with Crippen molar-refractivity contribution < 1.29 is 37.0 Å². The molecule has 0 unspecified atom stereocenters. The molecule has 3 heterocycles. The Kier molecular flexibility index (Phi) is 7.60. The number of aliphatic carboxylic acids is 1. The van der Waals surface area contributed by atoms with Crippen LogP contribution in [0.25, 0.3) is 0 Å². The minimum absolute atomic E-state index is 0.00341. The van der Waals surface area contributed by atoms with Crippen LogP contribution in [0.4, 0.5) is 17.6 Å². The van der Waals surface area contributed by atoms with E-state index in [9.17, 15) is 22.4 Å². The van der Waals surface area contributed by atoms with E-state index in [0.717, 1.165) is 25.7 Å². The van der Waals surface area contributed by atoms with E-state index >= 15 is 0 Å². The number of carboxylic acids is 1. The zero-order valence-electron chi connectivity index (χ0n) is 17.0. The van der Waals surface area contributed by atoms with Crippen molar-refractivity contribution in [3.05, 3.63) is 0 Å². The van der Waals surface area contributed by atoms with E-state index in [-0.39, 0.29) is 11.8 Å². The largest absolute Gasteiger partial charge is 0.490 e. The Balaban J connectivity index is 0.000000318. The number of hydrogen-bond donors (Lipinski definition) is 1. The molecule has 6 nitrogen and oxygen atoms in total. The van der Waals surface area contributed by atoms with Gasteiger partial charge in [0.1, 0.15) is 6.17 Å². The maximum atomic E-state index is 13.3. The van der Waals surface area contributed by atoms with Gasteiger partial charge in [-0.1, -0.05) is 12.8 Å². The molecule has 3 atom stereocenters. The summed E-state index contributed by atoms with van der Waals surface area (Å²) in [6.07, 6.45) is 0.551. The van der Waals surface area contributed by atoms with Crippen molar-refractivity contribution in [3.63, 3.8) is 0 Å². The fourth-order valence-electron chi connectivity index (χ4n) is 5.16. The lowest BCUT2D eigenvalue weighted by Gasteiger charge is -2.37. The highest BCUT2D eigenvalue weighted by atomic mass is 19.4. The number of carbonyl (C=O) groups is 2. The van der Waals surface area contributed by atoms with Crippen molar-refractivity contribution in [3.8, 4) is 0 Å². The minimum Gasteiger partial charge on any atom is -0.475 e. The minimum atomic E-state index is -5.08. The molecule has 0 aromatic heterocycles. The normalized spacial score (nSPS) is 31.2. The zero-order chi connectivity index (χ0) is 21.9. The maximum absolute atomic E-state index is 13.3. The number of likely N-dealkylation sites (tertiary alicyclic amines) is 2. The van der Waals surface area contributed by atoms with Crippen molar-refractivity contribution >= 4 is 11.9 Å². The smallest absolute Gasteiger partial charge is 0.475 e. The van der Waals surface area contributed by atoms with E-state index in [1.165, 1.54) is 25.7 Å². The number of rotatable bonds is 2. The molecule has 1 aliphatic carbocycles. The first-order valence-corrected chi connectivity index (χ1v) is 10.7. The molecule has 3 aliphatic heterocycles. The Labute approximate surface area is 173 Å². The topological polar surface area (TPSA) is 70.1 Å². The molecule has 10 heteroatoms. The molecular weight excluding hydrogens is 408 g/mol. The number of nitrogens with zero attached hydrogens (tertiary/aromatic N) is 2. The van der Waals surface area contributed by atoms with Crippen LogP contribution >= 0.6 is 0 Å². The number of fused-ring (bicyclic) bond motifs is 1. The summed E-state index contributed by atoms with van der Waals surface area (Å²) in [6, 6.07) is 0.735. The number of carbonyl (C=O) groups excluding carboxylic acids is 1. The summed E-state index contributed by atoms with van der Waals surface area (Å²) in [7, 11) is 0. The summed E-state index contributed by atoms with van der Waals surface area (Å²) in [5, 5.41) is 7.12. The van der Waals surface area contributed by atoms with Gasteiger partial charge < -0.3 is 14.7 Å². The molecule has 1 saturated carbocycles. The van der Waals surface area contributed by atoms with Crippen LogP contribution in [0.2, 0.25) is 0 Å². The van der Waals surface area contributed by atoms with E-state index in [1.54, 1.807) is 0 Å². The third-order valence-corrected chi connectivity index (χ3v) is 6.80. The van der Waals surface area contributed by atoms with Gasteiger partial charge in [0.25, 0.3) is 0 Å². The second kappa shape index (κ2) is 9.80. The van der Waals surface area contributed by atoms with Crippen LogP contribution in [-0.2, 0) is 14.3 Å². The number of piperidine rings is 1. The molecule has 4 rings (SSSR count). The molecule has 0 aromatic rings. The zero-order valence-corrected chi connectivity index (χ0v) is 17.0. The Morgan fingerprint density at radius 3 is 2.13 bits per heavy atom. The van der Waals surface area contributed by atoms with Gasteiger partial charge in [0.05, 0.1) is 19.1 Å². The average Bonchev–Trinajstić information content (AvgIpc) is 3.37. The number of halogens is 4. The van der Waals surface area contributed by atoms with Gasteiger partial charge in [0, 0.05) is 32.2 Å². The van der Waals surface area contributed by atoms with Crippen molar-refractivity contribution in [2.24, 2.45) is 17.8 Å². The lowest BCUT2D eigenvalue weighted by molar-refractivity contribution is -0.192. The first-order chi connectivity index (χ1) is 14.2. The van der Waals surface area contributed by atoms with Gasteiger partial charge in [-0.3, -0.25) is 9.69 Å². The molecule has 0 spiro atoms. The maximum Gasteiger partial charge on any atom is 0.490 e. The molecule has 0 bridgehead atoms. The fraction of sp³-hybridized carbons (Fsp3) is 0.900. The average molecular weight is 438 g/mol. The molecule has 4 fully saturated rings. The molecule has 1 amide bonds. The van der Waals surface area contributed by atoms with Crippen molar-refractivity contribution in [1.82, 2.24) is 9.80 Å². The molecular formula is C20H30F4N2O4. The van der Waals surface area contributed by atoms with E-state index < -0.39 is 18.3 Å². The van der Waals surface area contributed by atoms with Gasteiger partial charge in [-0.15, -0.1) is 0 Å². The predicted molar refractivity (Wildman–Crippen MR) is 99.5 cm³/mol. The van der Waals surface area contributed by atoms with E-state index in [0.29, 0.717) is 44.4 Å². The van der Waals surface area contributed by atoms with Crippen LogP contribution in [-0.4, -0.2) is 84.6 Å². The van der Waals surface area contributed by atoms with Crippen molar-refractivity contribution in [1.29, 1.82) is 0 Å². The van der Waals surface area contributed by atoms with Gasteiger partial charge in [-0.25, -0.2) is 9.18 Å². The second-order valence-corrected chi connectivity index (χ2v) is 8.76. The second-order valence-electron chi connectivity index (χ2n) is 8.76. The number of hydrogen-bond acceptors (Lipinski definition) is 4. The number of amides is 1. The van der Waals surface area contributed by atoms with Crippen LogP contribution in [0.15, 0.2) is 0 Å². The third kappa shape index (κ3) is 5.63. The van der Waals surface area contributed by atoms with Crippen molar-refractivity contribution in [2.75, 3.05) is 39.4 Å². The molecule has 0 radical (unpaired) electrons. The van der Waals surface area contributed by atoms with Gasteiger partial charge in [-0.2, -0.15) is 13.2 Å². The fourth-order valence-corrected chi connectivity index (χ4v) is 5.16. The molecule has 30 heavy (non-hydrogen) atoms. The Hall–Kier alpha value is -1.42. The van der Waals surface area contributed by atoms with E-state index in [1.807, 2.05) is 4.90 Å². The predicted octanol–water partition coefficient (Wildman–Crippen LogP) is 2.72. The summed E-state index contributed by atoms with van der Waals surface area (Å²) in [5.41, 5.74) is 0. The molecule has 0 aromatic carbocycles. The molecule has 1 N–H and O–H groups in total. The summed E-state index contributed by atoms with van der Waals surface area (Å²) in [5.74, 6) is -1.58. The molecule has 3 saturated heterocycles. The Bertz CT molecular complexity index is 604. The highest BCUT2D eigenvalue weighted by molar-refractivity contribution is 5.79. The lowest BCUT2D eigenvalue weighted by atomic mass is 9.81. The van der Waals surface area contributed by atoms with Crippen LogP contribution in [0, 0.1) is 17.8 Å². The SMILES string of the molecule is O=C(O)C(F)(F)F.O=C([C@H]1COC[C@H]2CN(C3CCCC3)C[C@H]21)N1CCC(F)CC1. The quantitative estimate of drug-likeness (QED) is 0.672. The summed E-state index contributed by atoms with van der Waals surface area (Å²) in [6.45, 7) is 4.71. The van der Waals surface area contributed by atoms with Gasteiger partial charge in [-0.05, 0) is 37.5 Å². The van der Waals surface area contributed by atoms with Crippen LogP contribution in [0.5, 0.6) is 0 Å².